The first-order valence-electron chi connectivity index (χ1n) is 19.8. The first-order valence-corrected chi connectivity index (χ1v) is 19.8. The van der Waals surface area contributed by atoms with Gasteiger partial charge in [0.05, 0.1) is 22.8 Å². The summed E-state index contributed by atoms with van der Waals surface area (Å²) in [7, 11) is 8.76. The van der Waals surface area contributed by atoms with Crippen LogP contribution in [0.3, 0.4) is 0 Å². The summed E-state index contributed by atoms with van der Waals surface area (Å²) in [6.07, 6.45) is 20.4. The van der Waals surface area contributed by atoms with E-state index in [1.165, 1.54) is 64.2 Å². The Morgan fingerprint density at radius 2 is 0.925 bits per heavy atom. The van der Waals surface area contributed by atoms with Gasteiger partial charge in [-0.3, -0.25) is 0 Å². The van der Waals surface area contributed by atoms with E-state index in [1.54, 1.807) is 0 Å². The Hall–Kier alpha value is -3.54. The Balaban J connectivity index is 0.000000525. The van der Waals surface area contributed by atoms with Crippen molar-refractivity contribution in [2.24, 2.45) is 0 Å². The van der Waals surface area contributed by atoms with Crippen LogP contribution in [0.15, 0.2) is 30.3 Å². The molecule has 0 saturated heterocycles. The number of unbranched alkanes of at least 4 members (excludes halogenated alkanes) is 14. The van der Waals surface area contributed by atoms with Gasteiger partial charge in [-0.05, 0) is 57.9 Å². The van der Waals surface area contributed by atoms with Crippen molar-refractivity contribution in [2.75, 3.05) is 58.3 Å². The van der Waals surface area contributed by atoms with Gasteiger partial charge >= 0.3 is 0 Å². The molecule has 3 aromatic rings. The van der Waals surface area contributed by atoms with E-state index in [-0.39, 0.29) is 5.75 Å². The highest BCUT2D eigenvalue weighted by atomic mass is 16.5. The molecule has 0 amide bonds. The fourth-order valence-corrected chi connectivity index (χ4v) is 5.81. The summed E-state index contributed by atoms with van der Waals surface area (Å²) in [4.78, 5) is 21.9. The van der Waals surface area contributed by atoms with Crippen LogP contribution in [0.4, 0.5) is 11.9 Å². The second kappa shape index (κ2) is 29.9. The lowest BCUT2D eigenvalue weighted by molar-refractivity contribution is 0.282. The second-order valence-electron chi connectivity index (χ2n) is 14.0. The number of aryl methyl sites for hydroxylation is 4. The topological polar surface area (TPSA) is 148 Å². The van der Waals surface area contributed by atoms with Gasteiger partial charge in [-0.2, -0.15) is 0 Å². The maximum absolute atomic E-state index is 10.1. The van der Waals surface area contributed by atoms with Crippen molar-refractivity contribution in [3.05, 3.63) is 58.7 Å². The van der Waals surface area contributed by atoms with Crippen LogP contribution >= 0.6 is 0 Å². The van der Waals surface area contributed by atoms with Crippen molar-refractivity contribution in [3.8, 4) is 11.5 Å². The maximum atomic E-state index is 10.1. The zero-order valence-corrected chi connectivity index (χ0v) is 34.1. The molecule has 0 aliphatic rings. The van der Waals surface area contributed by atoms with Gasteiger partial charge in [0, 0.05) is 48.5 Å². The van der Waals surface area contributed by atoms with Gasteiger partial charge in [-0.15, -0.1) is 0 Å². The lowest BCUT2D eigenvalue weighted by Gasteiger charge is -2.17. The van der Waals surface area contributed by atoms with Crippen molar-refractivity contribution in [2.45, 2.75) is 136 Å². The highest BCUT2D eigenvalue weighted by Gasteiger charge is 2.15. The molecule has 0 fully saturated rings. The Morgan fingerprint density at radius 1 is 0.528 bits per heavy atom. The van der Waals surface area contributed by atoms with E-state index in [0.717, 1.165) is 92.8 Å². The molecule has 0 radical (unpaired) electrons. The fourth-order valence-electron chi connectivity index (χ4n) is 5.81. The van der Waals surface area contributed by atoms with Crippen LogP contribution in [0.1, 0.15) is 131 Å². The van der Waals surface area contributed by atoms with Gasteiger partial charge in [0.25, 0.3) is 0 Å². The number of rotatable bonds is 25. The van der Waals surface area contributed by atoms with E-state index in [9.17, 15) is 5.11 Å². The number of aromatic hydroxyl groups is 1. The summed E-state index contributed by atoms with van der Waals surface area (Å²) in [5.74, 6) is 2.49. The molecule has 0 aliphatic heterocycles. The van der Waals surface area contributed by atoms with Crippen LogP contribution in [0.25, 0.3) is 0 Å². The number of hydrogen-bond donors (Lipinski definition) is 4. The molecule has 0 unspecified atom stereocenters. The predicted octanol–water partition coefficient (Wildman–Crippen LogP) is 7.91. The Labute approximate surface area is 320 Å². The van der Waals surface area contributed by atoms with E-state index < -0.39 is 0 Å². The number of nitrogens with zero attached hydrogens (tertiary/aromatic N) is 6. The highest BCUT2D eigenvalue weighted by molar-refractivity contribution is 5.40. The Morgan fingerprint density at radius 3 is 1.38 bits per heavy atom. The molecule has 53 heavy (non-hydrogen) atoms. The molecule has 0 bridgehead atoms. The van der Waals surface area contributed by atoms with Gasteiger partial charge < -0.3 is 35.0 Å². The summed E-state index contributed by atoms with van der Waals surface area (Å²) in [6.45, 7) is 5.00. The van der Waals surface area contributed by atoms with Crippen molar-refractivity contribution >= 4 is 11.9 Å². The standard InChI is InChI=1S/C24H37N3O2.C17H31N3O2.CH4O/c1-20-23(29-19-21-15-11-10-12-16-21)22(26-24(25-20)27(2)3)17-13-8-6-4-5-7-9-14-18-28;1-14-16(22)15(19-17(18-14)20(2)3)12-10-8-6-4-5-7-9-11-13-21;1-2/h10-12,15-16,28H,4-9,13-14,17-19H2,1-3H3;21-22H,4-13H2,1-3H3;2H,1H3. The molecular formula is C42H72N6O5. The largest absolute Gasteiger partial charge is 0.504 e. The zero-order chi connectivity index (χ0) is 39.3. The van der Waals surface area contributed by atoms with E-state index in [0.29, 0.717) is 31.5 Å². The lowest BCUT2D eigenvalue weighted by Crippen LogP contribution is -2.16. The molecule has 11 nitrogen and oxygen atoms in total. The number of hydrogen-bond acceptors (Lipinski definition) is 11. The van der Waals surface area contributed by atoms with Crippen molar-refractivity contribution in [3.63, 3.8) is 0 Å². The van der Waals surface area contributed by atoms with E-state index in [1.807, 2.05) is 70.0 Å². The minimum absolute atomic E-state index is 0.245. The summed E-state index contributed by atoms with van der Waals surface area (Å²) < 4.78 is 6.16. The molecule has 4 N–H and O–H groups in total. The Bertz CT molecular complexity index is 1340. The molecule has 0 aliphatic carbocycles. The minimum atomic E-state index is 0.245. The molecule has 1 aromatic carbocycles. The van der Waals surface area contributed by atoms with Crippen molar-refractivity contribution < 1.29 is 25.2 Å². The molecule has 300 valence electrons. The molecule has 0 saturated carbocycles. The van der Waals surface area contributed by atoms with Gasteiger partial charge in [0.15, 0.2) is 11.5 Å². The van der Waals surface area contributed by atoms with Crippen molar-refractivity contribution in [1.29, 1.82) is 0 Å². The highest BCUT2D eigenvalue weighted by Crippen LogP contribution is 2.27. The van der Waals surface area contributed by atoms with Crippen molar-refractivity contribution in [1.82, 2.24) is 19.9 Å². The number of benzene rings is 1. The Kier molecular flexibility index (Phi) is 26.8. The van der Waals surface area contributed by atoms with Gasteiger partial charge in [0.2, 0.25) is 11.9 Å². The first-order chi connectivity index (χ1) is 25.7. The monoisotopic (exact) mass is 741 g/mol. The average molecular weight is 741 g/mol. The SMILES string of the molecule is CO.Cc1nc(N(C)C)nc(CCCCCCCCCCO)c1O.Cc1nc(N(C)C)nc(CCCCCCCCCCO)c1OCc1ccccc1. The molecule has 2 heterocycles. The van der Waals surface area contributed by atoms with Crippen LogP contribution in [0.2, 0.25) is 0 Å². The van der Waals surface area contributed by atoms with Crippen LogP contribution in [0.5, 0.6) is 11.5 Å². The summed E-state index contributed by atoms with van der Waals surface area (Å²) in [5.41, 5.74) is 4.48. The molecule has 2 aromatic heterocycles. The molecule has 0 atom stereocenters. The summed E-state index contributed by atoms with van der Waals surface area (Å²) >= 11 is 0. The molecular weight excluding hydrogens is 668 g/mol. The number of aliphatic hydroxyl groups excluding tert-OH is 3. The zero-order valence-electron chi connectivity index (χ0n) is 34.1. The summed E-state index contributed by atoms with van der Waals surface area (Å²) in [5, 5.41) is 34.6. The van der Waals surface area contributed by atoms with Crippen LogP contribution < -0.4 is 14.5 Å². The third-order valence-corrected chi connectivity index (χ3v) is 8.88. The smallest absolute Gasteiger partial charge is 0.225 e. The summed E-state index contributed by atoms with van der Waals surface area (Å²) in [6, 6.07) is 10.2. The molecule has 0 spiro atoms. The number of aliphatic hydroxyl groups is 3. The third-order valence-electron chi connectivity index (χ3n) is 8.88. The van der Waals surface area contributed by atoms with E-state index in [2.05, 4.69) is 27.1 Å². The second-order valence-corrected chi connectivity index (χ2v) is 14.0. The quantitative estimate of drug-likeness (QED) is 0.0629. The van der Waals surface area contributed by atoms with Gasteiger partial charge in [0.1, 0.15) is 6.61 Å². The minimum Gasteiger partial charge on any atom is -0.504 e. The number of aromatic nitrogens is 4. The number of ether oxygens (including phenoxy) is 1. The predicted molar refractivity (Wildman–Crippen MR) is 218 cm³/mol. The van der Waals surface area contributed by atoms with E-state index in [4.69, 9.17) is 25.0 Å². The fraction of sp³-hybridized carbons (Fsp3) is 0.667. The first kappa shape index (κ1) is 47.5. The van der Waals surface area contributed by atoms with Crippen LogP contribution in [0, 0.1) is 13.8 Å². The maximum Gasteiger partial charge on any atom is 0.225 e. The van der Waals surface area contributed by atoms with Crippen LogP contribution in [-0.2, 0) is 19.4 Å². The molecule has 11 heteroatoms. The van der Waals surface area contributed by atoms with Gasteiger partial charge in [-0.25, -0.2) is 19.9 Å². The lowest BCUT2D eigenvalue weighted by atomic mass is 10.1. The normalized spacial score (nSPS) is 10.6. The van der Waals surface area contributed by atoms with Gasteiger partial charge in [-0.1, -0.05) is 107 Å². The number of anilines is 2. The van der Waals surface area contributed by atoms with Crippen LogP contribution in [-0.4, -0.2) is 88.9 Å². The molecule has 3 rings (SSSR count). The average Bonchev–Trinajstić information content (AvgIpc) is 3.15. The third kappa shape index (κ3) is 20.5. The van der Waals surface area contributed by atoms with E-state index >= 15 is 0 Å².